The molecule has 0 aromatic heterocycles. The molecule has 2 heterocycles. The predicted octanol–water partition coefficient (Wildman–Crippen LogP) is 0.607. The van der Waals surface area contributed by atoms with Crippen LogP contribution in [0.5, 0.6) is 0 Å². The molecule has 0 spiro atoms. The zero-order valence-corrected chi connectivity index (χ0v) is 10.5. The Morgan fingerprint density at radius 1 is 1.29 bits per heavy atom. The lowest BCUT2D eigenvalue weighted by Gasteiger charge is -2.17. The third-order valence-electron chi connectivity index (χ3n) is 4.10. The maximum Gasteiger partial charge on any atom is 0.222 e. The lowest BCUT2D eigenvalue weighted by Crippen LogP contribution is -2.29. The van der Waals surface area contributed by atoms with Gasteiger partial charge in [0.2, 0.25) is 5.91 Å². The van der Waals surface area contributed by atoms with Crippen LogP contribution in [0.1, 0.15) is 32.1 Å². The lowest BCUT2D eigenvalue weighted by atomic mass is 10.0. The molecule has 2 aliphatic heterocycles. The lowest BCUT2D eigenvalue weighted by molar-refractivity contribution is -0.130. The number of hydrogen-bond acceptors (Lipinski definition) is 3. The number of hydrogen-bond donors (Lipinski definition) is 2. The summed E-state index contributed by atoms with van der Waals surface area (Å²) in [7, 11) is 0. The summed E-state index contributed by atoms with van der Waals surface area (Å²) in [6, 6.07) is 0. The van der Waals surface area contributed by atoms with Crippen LogP contribution in [0.25, 0.3) is 0 Å². The highest BCUT2D eigenvalue weighted by atomic mass is 16.3. The van der Waals surface area contributed by atoms with Crippen LogP contribution in [0, 0.1) is 11.8 Å². The van der Waals surface area contributed by atoms with Gasteiger partial charge in [-0.3, -0.25) is 4.79 Å². The summed E-state index contributed by atoms with van der Waals surface area (Å²) >= 11 is 0. The van der Waals surface area contributed by atoms with Crippen LogP contribution < -0.4 is 5.32 Å². The van der Waals surface area contributed by atoms with Gasteiger partial charge in [-0.1, -0.05) is 0 Å². The molecule has 1 amide bonds. The molecule has 2 N–H and O–H groups in total. The van der Waals surface area contributed by atoms with Gasteiger partial charge in [0.05, 0.1) is 0 Å². The highest BCUT2D eigenvalue weighted by Crippen LogP contribution is 2.21. The van der Waals surface area contributed by atoms with Crippen LogP contribution in [-0.2, 0) is 4.79 Å². The third kappa shape index (κ3) is 3.68. The van der Waals surface area contributed by atoms with Crippen molar-refractivity contribution in [1.82, 2.24) is 10.2 Å². The molecule has 2 rings (SSSR count). The summed E-state index contributed by atoms with van der Waals surface area (Å²) in [5.41, 5.74) is 0. The minimum atomic E-state index is 0.250. The van der Waals surface area contributed by atoms with Crippen molar-refractivity contribution in [3.05, 3.63) is 0 Å². The first-order chi connectivity index (χ1) is 8.29. The van der Waals surface area contributed by atoms with E-state index in [4.69, 9.17) is 5.11 Å². The number of amides is 1. The number of aliphatic hydroxyl groups is 1. The molecule has 2 atom stereocenters. The molecule has 0 aliphatic carbocycles. The van der Waals surface area contributed by atoms with Crippen molar-refractivity contribution < 1.29 is 9.90 Å². The van der Waals surface area contributed by atoms with E-state index in [-0.39, 0.29) is 6.61 Å². The van der Waals surface area contributed by atoms with Crippen LogP contribution in [0.3, 0.4) is 0 Å². The predicted molar refractivity (Wildman–Crippen MR) is 66.6 cm³/mol. The van der Waals surface area contributed by atoms with Crippen LogP contribution in [0.2, 0.25) is 0 Å². The average molecular weight is 240 g/mol. The van der Waals surface area contributed by atoms with Gasteiger partial charge in [-0.2, -0.15) is 0 Å². The topological polar surface area (TPSA) is 52.6 Å². The molecular weight excluding hydrogens is 216 g/mol. The smallest absolute Gasteiger partial charge is 0.222 e. The number of nitrogens with zero attached hydrogens (tertiary/aromatic N) is 1. The van der Waals surface area contributed by atoms with E-state index in [1.807, 2.05) is 4.90 Å². The Balaban J connectivity index is 1.66. The van der Waals surface area contributed by atoms with E-state index < -0.39 is 0 Å². The first kappa shape index (κ1) is 12.8. The average Bonchev–Trinajstić information content (AvgIpc) is 2.97. The first-order valence-electron chi connectivity index (χ1n) is 6.89. The summed E-state index contributed by atoms with van der Waals surface area (Å²) in [5, 5.41) is 12.2. The number of carbonyl (C=O) groups excluding carboxylic acids is 1. The van der Waals surface area contributed by atoms with Gasteiger partial charge in [-0.05, 0) is 50.6 Å². The van der Waals surface area contributed by atoms with Crippen LogP contribution in [-0.4, -0.2) is 48.7 Å². The Hall–Kier alpha value is -0.610. The monoisotopic (exact) mass is 240 g/mol. The fourth-order valence-corrected chi connectivity index (χ4v) is 2.92. The van der Waals surface area contributed by atoms with Gasteiger partial charge < -0.3 is 15.3 Å². The molecule has 17 heavy (non-hydrogen) atoms. The number of carbonyl (C=O) groups is 1. The fourth-order valence-electron chi connectivity index (χ4n) is 2.92. The molecule has 0 aromatic carbocycles. The zero-order valence-electron chi connectivity index (χ0n) is 10.5. The molecule has 0 radical (unpaired) electrons. The van der Waals surface area contributed by atoms with Gasteiger partial charge >= 0.3 is 0 Å². The highest BCUT2D eigenvalue weighted by molar-refractivity contribution is 5.76. The molecule has 2 unspecified atom stereocenters. The van der Waals surface area contributed by atoms with Crippen molar-refractivity contribution in [2.45, 2.75) is 32.1 Å². The Morgan fingerprint density at radius 3 is 2.88 bits per heavy atom. The van der Waals surface area contributed by atoms with Crippen LogP contribution in [0.4, 0.5) is 0 Å². The normalized spacial score (nSPS) is 28.9. The standard InChI is InChI=1S/C13H24N2O2/c16-8-5-12-4-7-15(10-12)13(17)2-1-11-3-6-14-9-11/h11-12,14,16H,1-10H2. The SMILES string of the molecule is O=C(CCC1CCNC1)N1CCC(CCO)C1. The number of likely N-dealkylation sites (tertiary alicyclic amines) is 1. The molecule has 4 nitrogen and oxygen atoms in total. The summed E-state index contributed by atoms with van der Waals surface area (Å²) in [6.45, 7) is 4.21. The summed E-state index contributed by atoms with van der Waals surface area (Å²) in [5.74, 6) is 1.55. The van der Waals surface area contributed by atoms with Crippen molar-refractivity contribution >= 4 is 5.91 Å². The molecule has 0 bridgehead atoms. The van der Waals surface area contributed by atoms with Gasteiger partial charge in [0.1, 0.15) is 0 Å². The molecule has 2 aliphatic rings. The van der Waals surface area contributed by atoms with E-state index in [2.05, 4.69) is 5.32 Å². The molecule has 2 fully saturated rings. The first-order valence-corrected chi connectivity index (χ1v) is 6.89. The van der Waals surface area contributed by atoms with Gasteiger partial charge in [-0.25, -0.2) is 0 Å². The van der Waals surface area contributed by atoms with E-state index >= 15 is 0 Å². The Bertz CT molecular complexity index is 252. The van der Waals surface area contributed by atoms with Gasteiger partial charge in [0, 0.05) is 26.1 Å². The second-order valence-electron chi connectivity index (χ2n) is 5.40. The zero-order chi connectivity index (χ0) is 12.1. The second kappa shape index (κ2) is 6.36. The largest absolute Gasteiger partial charge is 0.396 e. The van der Waals surface area contributed by atoms with Gasteiger partial charge in [-0.15, -0.1) is 0 Å². The minimum Gasteiger partial charge on any atom is -0.396 e. The van der Waals surface area contributed by atoms with Crippen LogP contribution >= 0.6 is 0 Å². The highest BCUT2D eigenvalue weighted by Gasteiger charge is 2.26. The number of aliphatic hydroxyl groups excluding tert-OH is 1. The van der Waals surface area contributed by atoms with Crippen molar-refractivity contribution in [3.8, 4) is 0 Å². The summed E-state index contributed by atoms with van der Waals surface area (Å²) in [6.07, 6.45) is 4.87. The Morgan fingerprint density at radius 2 is 2.18 bits per heavy atom. The number of nitrogens with one attached hydrogen (secondary N) is 1. The Kier molecular flexibility index (Phi) is 4.80. The van der Waals surface area contributed by atoms with Crippen molar-refractivity contribution in [2.24, 2.45) is 11.8 Å². The molecule has 98 valence electrons. The molecule has 0 aromatic rings. The van der Waals surface area contributed by atoms with E-state index in [9.17, 15) is 4.79 Å². The molecule has 4 heteroatoms. The number of rotatable bonds is 5. The van der Waals surface area contributed by atoms with E-state index in [1.54, 1.807) is 0 Å². The molecule has 0 saturated carbocycles. The van der Waals surface area contributed by atoms with E-state index in [0.717, 1.165) is 45.4 Å². The Labute approximate surface area is 103 Å². The van der Waals surface area contributed by atoms with Crippen molar-refractivity contribution in [3.63, 3.8) is 0 Å². The van der Waals surface area contributed by atoms with Gasteiger partial charge in [0.25, 0.3) is 0 Å². The van der Waals surface area contributed by atoms with Crippen LogP contribution in [0.15, 0.2) is 0 Å². The fraction of sp³-hybridized carbons (Fsp3) is 0.923. The summed E-state index contributed by atoms with van der Waals surface area (Å²) < 4.78 is 0. The van der Waals surface area contributed by atoms with E-state index in [1.165, 1.54) is 6.42 Å². The van der Waals surface area contributed by atoms with Crippen molar-refractivity contribution in [1.29, 1.82) is 0 Å². The van der Waals surface area contributed by atoms with Gasteiger partial charge in [0.15, 0.2) is 0 Å². The molecular formula is C13H24N2O2. The second-order valence-corrected chi connectivity index (χ2v) is 5.40. The quantitative estimate of drug-likeness (QED) is 0.740. The van der Waals surface area contributed by atoms with Crippen molar-refractivity contribution in [2.75, 3.05) is 32.8 Å². The van der Waals surface area contributed by atoms with E-state index in [0.29, 0.717) is 24.2 Å². The maximum atomic E-state index is 12.0. The maximum absolute atomic E-state index is 12.0. The minimum absolute atomic E-state index is 0.250. The molecule has 2 saturated heterocycles. The summed E-state index contributed by atoms with van der Waals surface area (Å²) in [4.78, 5) is 14.0. The third-order valence-corrected chi connectivity index (χ3v) is 4.10.